The first-order valence-corrected chi connectivity index (χ1v) is 8.85. The van der Waals surface area contributed by atoms with Gasteiger partial charge < -0.3 is 4.74 Å². The summed E-state index contributed by atoms with van der Waals surface area (Å²) < 4.78 is 5.66. The Morgan fingerprint density at radius 3 is 2.78 bits per heavy atom. The monoisotopic (exact) mass is 335 g/mol. The lowest BCUT2D eigenvalue weighted by Crippen LogP contribution is -2.52. The summed E-state index contributed by atoms with van der Waals surface area (Å²) in [6, 6.07) is 2.13. The molecule has 6 heteroatoms. The van der Waals surface area contributed by atoms with E-state index in [9.17, 15) is 10.1 Å². The van der Waals surface area contributed by atoms with E-state index in [1.54, 1.807) is 6.20 Å². The third-order valence-electron chi connectivity index (χ3n) is 3.83. The summed E-state index contributed by atoms with van der Waals surface area (Å²) in [6.45, 7) is 9.74. The fourth-order valence-electron chi connectivity index (χ4n) is 3.13. The number of aromatic nitrogens is 1. The molecule has 0 spiro atoms. The first-order chi connectivity index (χ1) is 10.7. The predicted molar refractivity (Wildman–Crippen MR) is 89.7 cm³/mol. The summed E-state index contributed by atoms with van der Waals surface area (Å²) in [5.41, 5.74) is -1.37. The molecule has 1 aliphatic heterocycles. The number of hydrogen-bond acceptors (Lipinski definition) is 6. The van der Waals surface area contributed by atoms with Crippen LogP contribution in [0, 0.1) is 23.2 Å². The van der Waals surface area contributed by atoms with Crippen molar-refractivity contribution in [1.82, 2.24) is 10.3 Å². The highest BCUT2D eigenvalue weighted by Crippen LogP contribution is 2.42. The van der Waals surface area contributed by atoms with Crippen molar-refractivity contribution in [2.75, 3.05) is 0 Å². The molecule has 3 atom stereocenters. The maximum Gasteiger partial charge on any atom is 0.326 e. The standard InChI is InChI=1S/C17H25N3O2S/c1-11(2)8-17(15(21)22-16(3,4)5)9-12(10-18)13(20-17)14-19-6-7-23-14/h6-7,11-13,20H,8-9H2,1-5H3/t12-,13+,17-/m0/s1. The lowest BCUT2D eigenvalue weighted by atomic mass is 9.84. The molecule has 126 valence electrons. The summed E-state index contributed by atoms with van der Waals surface area (Å²) in [4.78, 5) is 17.2. The number of ether oxygens (including phenoxy) is 1. The number of nitrogens with one attached hydrogen (secondary N) is 1. The Balaban J connectivity index is 2.32. The molecule has 1 fully saturated rings. The maximum absolute atomic E-state index is 12.9. The van der Waals surface area contributed by atoms with E-state index < -0.39 is 11.1 Å². The van der Waals surface area contributed by atoms with E-state index in [1.165, 1.54) is 11.3 Å². The summed E-state index contributed by atoms with van der Waals surface area (Å²) >= 11 is 1.51. The number of nitrogens with zero attached hydrogens (tertiary/aromatic N) is 2. The molecule has 0 aromatic carbocycles. The van der Waals surface area contributed by atoms with E-state index in [0.29, 0.717) is 18.8 Å². The van der Waals surface area contributed by atoms with Crippen molar-refractivity contribution >= 4 is 17.3 Å². The van der Waals surface area contributed by atoms with Gasteiger partial charge in [0.2, 0.25) is 0 Å². The molecule has 1 aliphatic rings. The van der Waals surface area contributed by atoms with Crippen LogP contribution in [0.2, 0.25) is 0 Å². The van der Waals surface area contributed by atoms with Gasteiger partial charge in [0.05, 0.1) is 18.0 Å². The number of hydrogen-bond donors (Lipinski definition) is 1. The molecule has 0 saturated carbocycles. The summed E-state index contributed by atoms with van der Waals surface area (Å²) in [5.74, 6) is -0.241. The van der Waals surface area contributed by atoms with E-state index in [2.05, 4.69) is 30.2 Å². The van der Waals surface area contributed by atoms with Crippen LogP contribution < -0.4 is 5.32 Å². The van der Waals surface area contributed by atoms with Crippen LogP contribution in [-0.4, -0.2) is 22.1 Å². The highest BCUT2D eigenvalue weighted by molar-refractivity contribution is 7.09. The van der Waals surface area contributed by atoms with Crippen LogP contribution in [0.1, 0.15) is 58.5 Å². The molecule has 0 radical (unpaired) electrons. The van der Waals surface area contributed by atoms with Crippen LogP contribution in [0.4, 0.5) is 0 Å². The third-order valence-corrected chi connectivity index (χ3v) is 4.69. The molecule has 2 rings (SSSR count). The van der Waals surface area contributed by atoms with Gasteiger partial charge in [0.25, 0.3) is 0 Å². The SMILES string of the molecule is CC(C)C[C@@]1(C(=O)OC(C)(C)C)C[C@@H](C#N)[C@H](c2nccs2)N1. The third kappa shape index (κ3) is 4.10. The summed E-state index contributed by atoms with van der Waals surface area (Å²) in [7, 11) is 0. The molecule has 23 heavy (non-hydrogen) atoms. The average molecular weight is 335 g/mol. The van der Waals surface area contributed by atoms with Gasteiger partial charge in [0.15, 0.2) is 0 Å². The van der Waals surface area contributed by atoms with Gasteiger partial charge in [0, 0.05) is 11.6 Å². The molecule has 1 aromatic heterocycles. The van der Waals surface area contributed by atoms with Gasteiger partial charge in [-0.05, 0) is 39.5 Å². The first kappa shape index (κ1) is 17.9. The van der Waals surface area contributed by atoms with E-state index in [4.69, 9.17) is 4.74 Å². The van der Waals surface area contributed by atoms with Gasteiger partial charge in [0.1, 0.15) is 16.1 Å². The van der Waals surface area contributed by atoms with Crippen LogP contribution in [0.15, 0.2) is 11.6 Å². The number of nitriles is 1. The van der Waals surface area contributed by atoms with Crippen molar-refractivity contribution in [2.45, 2.75) is 64.6 Å². The van der Waals surface area contributed by atoms with Crippen LogP contribution in [0.3, 0.4) is 0 Å². The fraction of sp³-hybridized carbons (Fsp3) is 0.706. The van der Waals surface area contributed by atoms with Crippen LogP contribution in [0.5, 0.6) is 0 Å². The van der Waals surface area contributed by atoms with E-state index in [0.717, 1.165) is 5.01 Å². The Hall–Kier alpha value is -1.45. The minimum atomic E-state index is -0.821. The van der Waals surface area contributed by atoms with E-state index in [-0.39, 0.29) is 17.9 Å². The molecule has 0 unspecified atom stereocenters. The zero-order valence-corrected chi connectivity index (χ0v) is 15.2. The first-order valence-electron chi connectivity index (χ1n) is 7.97. The Bertz CT molecular complexity index is 586. The quantitative estimate of drug-likeness (QED) is 0.853. The second-order valence-electron chi connectivity index (χ2n) is 7.61. The molecule has 0 amide bonds. The average Bonchev–Trinajstić information content (AvgIpc) is 3.03. The van der Waals surface area contributed by atoms with E-state index in [1.807, 2.05) is 26.2 Å². The Morgan fingerprint density at radius 2 is 2.30 bits per heavy atom. The van der Waals surface area contributed by atoms with Gasteiger partial charge >= 0.3 is 5.97 Å². The Kier molecular flexibility index (Phi) is 5.12. The maximum atomic E-state index is 12.9. The van der Waals surface area contributed by atoms with Gasteiger partial charge in [-0.1, -0.05) is 13.8 Å². The zero-order valence-electron chi connectivity index (χ0n) is 14.4. The lowest BCUT2D eigenvalue weighted by molar-refractivity contribution is -0.163. The number of carbonyl (C=O) groups excluding carboxylic acids is 1. The highest BCUT2D eigenvalue weighted by Gasteiger charge is 2.53. The minimum absolute atomic E-state index is 0.216. The second kappa shape index (κ2) is 6.58. The molecule has 0 aliphatic carbocycles. The zero-order chi connectivity index (χ0) is 17.3. The number of carbonyl (C=O) groups is 1. The molecule has 5 nitrogen and oxygen atoms in total. The van der Waals surface area contributed by atoms with Gasteiger partial charge in [-0.2, -0.15) is 5.26 Å². The number of rotatable bonds is 4. The van der Waals surface area contributed by atoms with Crippen molar-refractivity contribution in [2.24, 2.45) is 11.8 Å². The van der Waals surface area contributed by atoms with Gasteiger partial charge in [-0.15, -0.1) is 11.3 Å². The van der Waals surface area contributed by atoms with Crippen molar-refractivity contribution in [3.05, 3.63) is 16.6 Å². The van der Waals surface area contributed by atoms with Crippen LogP contribution in [0.25, 0.3) is 0 Å². The van der Waals surface area contributed by atoms with Gasteiger partial charge in [-0.3, -0.25) is 10.1 Å². The summed E-state index contributed by atoms with van der Waals surface area (Å²) in [5, 5.41) is 15.7. The van der Waals surface area contributed by atoms with Crippen LogP contribution in [-0.2, 0) is 9.53 Å². The minimum Gasteiger partial charge on any atom is -0.459 e. The van der Waals surface area contributed by atoms with Gasteiger partial charge in [-0.25, -0.2) is 4.98 Å². The van der Waals surface area contributed by atoms with Crippen molar-refractivity contribution in [3.63, 3.8) is 0 Å². The number of thiazole rings is 1. The Morgan fingerprint density at radius 1 is 1.61 bits per heavy atom. The fourth-order valence-corrected chi connectivity index (χ4v) is 3.89. The molecule has 1 aromatic rings. The smallest absolute Gasteiger partial charge is 0.326 e. The molecule has 1 N–H and O–H groups in total. The molecular formula is C17H25N3O2S. The second-order valence-corrected chi connectivity index (χ2v) is 8.54. The molecule has 1 saturated heterocycles. The largest absolute Gasteiger partial charge is 0.459 e. The molecule has 2 heterocycles. The topological polar surface area (TPSA) is 75.0 Å². The Labute approximate surface area is 142 Å². The van der Waals surface area contributed by atoms with Crippen molar-refractivity contribution < 1.29 is 9.53 Å². The predicted octanol–water partition coefficient (Wildman–Crippen LogP) is 3.44. The number of esters is 1. The van der Waals surface area contributed by atoms with Crippen LogP contribution >= 0.6 is 11.3 Å². The molecular weight excluding hydrogens is 310 g/mol. The van der Waals surface area contributed by atoms with Crippen molar-refractivity contribution in [1.29, 1.82) is 5.26 Å². The van der Waals surface area contributed by atoms with E-state index >= 15 is 0 Å². The molecule has 0 bridgehead atoms. The van der Waals surface area contributed by atoms with Crippen molar-refractivity contribution in [3.8, 4) is 6.07 Å². The normalized spacial score (nSPS) is 27.9. The highest BCUT2D eigenvalue weighted by atomic mass is 32.1. The summed E-state index contributed by atoms with van der Waals surface area (Å²) in [6.07, 6.45) is 2.83. The lowest BCUT2D eigenvalue weighted by Gasteiger charge is -2.33.